The Morgan fingerprint density at radius 2 is 2.13 bits per heavy atom. The van der Waals surface area contributed by atoms with E-state index >= 15 is 0 Å². The highest BCUT2D eigenvalue weighted by molar-refractivity contribution is 9.10. The summed E-state index contributed by atoms with van der Waals surface area (Å²) in [5, 5.41) is 3.43. The van der Waals surface area contributed by atoms with Gasteiger partial charge in [-0.1, -0.05) is 22.0 Å². The fraction of sp³-hybridized carbons (Fsp3) is 0.538. The highest BCUT2D eigenvalue weighted by atomic mass is 79.9. The van der Waals surface area contributed by atoms with Crippen LogP contribution >= 0.6 is 15.9 Å². The van der Waals surface area contributed by atoms with E-state index in [4.69, 9.17) is 0 Å². The van der Waals surface area contributed by atoms with Crippen LogP contribution in [0.4, 0.5) is 0 Å². The highest BCUT2D eigenvalue weighted by Crippen LogP contribution is 2.24. The first kappa shape index (κ1) is 11.2. The number of hydrogen-bond acceptors (Lipinski definition) is 1. The van der Waals surface area contributed by atoms with E-state index in [1.165, 1.54) is 47.1 Å². The predicted octanol–water partition coefficient (Wildman–Crippen LogP) is 3.22. The molecular weight excluding hydrogens is 250 g/mol. The maximum atomic E-state index is 3.58. The molecular formula is C13H18BrN. The number of halogens is 1. The minimum atomic E-state index is 0.837. The maximum absolute atomic E-state index is 3.58. The molecule has 0 saturated carbocycles. The van der Waals surface area contributed by atoms with Crippen LogP contribution in [0.3, 0.4) is 0 Å². The van der Waals surface area contributed by atoms with Crippen molar-refractivity contribution in [2.45, 2.75) is 26.7 Å². The second-order valence-electron chi connectivity index (χ2n) is 4.59. The molecule has 2 heteroatoms. The lowest BCUT2D eigenvalue weighted by Gasteiger charge is -2.12. The van der Waals surface area contributed by atoms with Gasteiger partial charge in [-0.25, -0.2) is 0 Å². The second-order valence-corrected chi connectivity index (χ2v) is 5.45. The van der Waals surface area contributed by atoms with Crippen molar-refractivity contribution in [2.24, 2.45) is 5.92 Å². The molecule has 1 aromatic carbocycles. The Morgan fingerprint density at radius 3 is 2.80 bits per heavy atom. The van der Waals surface area contributed by atoms with Gasteiger partial charge in [0.05, 0.1) is 0 Å². The highest BCUT2D eigenvalue weighted by Gasteiger charge is 2.16. The zero-order chi connectivity index (χ0) is 10.8. The maximum Gasteiger partial charge on any atom is 0.0207 e. The molecule has 1 aromatic rings. The lowest BCUT2D eigenvalue weighted by Crippen LogP contribution is -2.11. The standard InChI is InChI=1S/C13H18BrN/c1-9-6-13(14)10(2)5-12(9)7-11-3-4-15-8-11/h5-6,11,15H,3-4,7-8H2,1-2H3. The van der Waals surface area contributed by atoms with Crippen LogP contribution in [-0.2, 0) is 6.42 Å². The smallest absolute Gasteiger partial charge is 0.0207 e. The van der Waals surface area contributed by atoms with Crippen LogP contribution in [0, 0.1) is 19.8 Å². The van der Waals surface area contributed by atoms with Gasteiger partial charge >= 0.3 is 0 Å². The van der Waals surface area contributed by atoms with Crippen LogP contribution in [0.1, 0.15) is 23.1 Å². The molecule has 1 unspecified atom stereocenters. The average Bonchev–Trinajstić information content (AvgIpc) is 2.67. The van der Waals surface area contributed by atoms with Crippen molar-refractivity contribution in [1.82, 2.24) is 5.32 Å². The van der Waals surface area contributed by atoms with Gasteiger partial charge in [0, 0.05) is 4.47 Å². The second kappa shape index (κ2) is 4.67. The normalized spacial score (nSPS) is 20.9. The molecule has 0 spiro atoms. The summed E-state index contributed by atoms with van der Waals surface area (Å²) in [6, 6.07) is 4.57. The molecule has 1 atom stereocenters. The molecule has 2 rings (SSSR count). The minimum Gasteiger partial charge on any atom is -0.316 e. The van der Waals surface area contributed by atoms with Gasteiger partial charge in [0.2, 0.25) is 0 Å². The van der Waals surface area contributed by atoms with E-state index in [1.807, 2.05) is 0 Å². The lowest BCUT2D eigenvalue weighted by atomic mass is 9.94. The number of hydrogen-bond donors (Lipinski definition) is 1. The zero-order valence-corrected chi connectivity index (χ0v) is 11.0. The molecule has 0 aromatic heterocycles. The first-order valence-corrected chi connectivity index (χ1v) is 6.42. The molecule has 0 bridgehead atoms. The molecule has 1 aliphatic rings. The van der Waals surface area contributed by atoms with Crippen molar-refractivity contribution in [1.29, 1.82) is 0 Å². The first-order chi connectivity index (χ1) is 7.16. The van der Waals surface area contributed by atoms with E-state index in [9.17, 15) is 0 Å². The van der Waals surface area contributed by atoms with Crippen LogP contribution in [0.5, 0.6) is 0 Å². The third-order valence-electron chi connectivity index (χ3n) is 3.29. The van der Waals surface area contributed by atoms with Crippen LogP contribution < -0.4 is 5.32 Å². The third-order valence-corrected chi connectivity index (χ3v) is 4.14. The van der Waals surface area contributed by atoms with E-state index in [2.05, 4.69) is 47.2 Å². The van der Waals surface area contributed by atoms with E-state index in [1.54, 1.807) is 0 Å². The van der Waals surface area contributed by atoms with Crippen LogP contribution in [0.25, 0.3) is 0 Å². The van der Waals surface area contributed by atoms with E-state index in [0.29, 0.717) is 0 Å². The lowest BCUT2D eigenvalue weighted by molar-refractivity contribution is 0.578. The van der Waals surface area contributed by atoms with E-state index in [0.717, 1.165) is 5.92 Å². The van der Waals surface area contributed by atoms with Crippen LogP contribution in [-0.4, -0.2) is 13.1 Å². The molecule has 0 radical (unpaired) electrons. The van der Waals surface area contributed by atoms with Crippen molar-refractivity contribution >= 4 is 15.9 Å². The SMILES string of the molecule is Cc1cc(CC2CCNC2)c(C)cc1Br. The summed E-state index contributed by atoms with van der Waals surface area (Å²) in [6.07, 6.45) is 2.56. The summed E-state index contributed by atoms with van der Waals surface area (Å²) in [5.74, 6) is 0.837. The molecule has 1 N–H and O–H groups in total. The Labute approximate surface area is 100 Å². The Hall–Kier alpha value is -0.340. The molecule has 0 amide bonds. The predicted molar refractivity (Wildman–Crippen MR) is 68.3 cm³/mol. The molecule has 15 heavy (non-hydrogen) atoms. The van der Waals surface area contributed by atoms with Gasteiger partial charge < -0.3 is 5.32 Å². The number of benzene rings is 1. The van der Waals surface area contributed by atoms with Gasteiger partial charge in [-0.15, -0.1) is 0 Å². The van der Waals surface area contributed by atoms with Crippen molar-refractivity contribution < 1.29 is 0 Å². The topological polar surface area (TPSA) is 12.0 Å². The van der Waals surface area contributed by atoms with Crippen LogP contribution in [0.15, 0.2) is 16.6 Å². The van der Waals surface area contributed by atoms with Gasteiger partial charge in [0.25, 0.3) is 0 Å². The largest absolute Gasteiger partial charge is 0.316 e. The Bertz CT molecular complexity index is 354. The summed E-state index contributed by atoms with van der Waals surface area (Å²) in [5.41, 5.74) is 4.28. The monoisotopic (exact) mass is 267 g/mol. The molecule has 1 aliphatic heterocycles. The average molecular weight is 268 g/mol. The number of rotatable bonds is 2. The summed E-state index contributed by atoms with van der Waals surface area (Å²) in [6.45, 7) is 6.76. The van der Waals surface area contributed by atoms with E-state index < -0.39 is 0 Å². The van der Waals surface area contributed by atoms with Gasteiger partial charge in [-0.2, -0.15) is 0 Å². The fourth-order valence-electron chi connectivity index (χ4n) is 2.26. The number of nitrogens with one attached hydrogen (secondary N) is 1. The van der Waals surface area contributed by atoms with Crippen LogP contribution in [0.2, 0.25) is 0 Å². The quantitative estimate of drug-likeness (QED) is 0.868. The van der Waals surface area contributed by atoms with Gasteiger partial charge in [-0.05, 0) is 68.5 Å². The van der Waals surface area contributed by atoms with Gasteiger partial charge in [0.1, 0.15) is 0 Å². The molecule has 82 valence electrons. The summed E-state index contributed by atoms with van der Waals surface area (Å²) < 4.78 is 1.23. The molecule has 1 fully saturated rings. The Kier molecular flexibility index (Phi) is 3.47. The zero-order valence-electron chi connectivity index (χ0n) is 9.44. The van der Waals surface area contributed by atoms with Crippen molar-refractivity contribution in [3.8, 4) is 0 Å². The van der Waals surface area contributed by atoms with Gasteiger partial charge in [0.15, 0.2) is 0 Å². The number of aryl methyl sites for hydroxylation is 2. The Morgan fingerprint density at radius 1 is 1.33 bits per heavy atom. The molecule has 1 nitrogen and oxygen atoms in total. The van der Waals surface area contributed by atoms with Crippen molar-refractivity contribution in [2.75, 3.05) is 13.1 Å². The molecule has 1 saturated heterocycles. The summed E-state index contributed by atoms with van der Waals surface area (Å²) in [7, 11) is 0. The van der Waals surface area contributed by atoms with Crippen molar-refractivity contribution in [3.63, 3.8) is 0 Å². The minimum absolute atomic E-state index is 0.837. The van der Waals surface area contributed by atoms with E-state index in [-0.39, 0.29) is 0 Å². The van der Waals surface area contributed by atoms with Gasteiger partial charge in [-0.3, -0.25) is 0 Å². The first-order valence-electron chi connectivity index (χ1n) is 5.63. The van der Waals surface area contributed by atoms with Crippen molar-refractivity contribution in [3.05, 3.63) is 33.3 Å². The summed E-state index contributed by atoms with van der Waals surface area (Å²) >= 11 is 3.58. The third kappa shape index (κ3) is 2.61. The fourth-order valence-corrected chi connectivity index (χ4v) is 2.72. The molecule has 0 aliphatic carbocycles. The summed E-state index contributed by atoms with van der Waals surface area (Å²) in [4.78, 5) is 0. The Balaban J connectivity index is 2.16. The molecule has 1 heterocycles.